The zero-order chi connectivity index (χ0) is 10.9. The molecule has 0 bridgehead atoms. The predicted octanol–water partition coefficient (Wildman–Crippen LogP) is 1.31. The molecule has 1 heterocycles. The Labute approximate surface area is 90.0 Å². The van der Waals surface area contributed by atoms with E-state index in [1.807, 2.05) is 31.2 Å². The molecule has 1 fully saturated rings. The molecule has 0 amide bonds. The highest BCUT2D eigenvalue weighted by atomic mass is 32.2. The van der Waals surface area contributed by atoms with Gasteiger partial charge in [-0.2, -0.15) is 0 Å². The van der Waals surface area contributed by atoms with Crippen LogP contribution in [0.5, 0.6) is 0 Å². The van der Waals surface area contributed by atoms with Crippen LogP contribution in [0.1, 0.15) is 11.1 Å². The van der Waals surface area contributed by atoms with Crippen molar-refractivity contribution >= 4 is 9.84 Å². The molecule has 1 atom stereocenters. The molecule has 1 aliphatic rings. The highest BCUT2D eigenvalue weighted by molar-refractivity contribution is 7.90. The van der Waals surface area contributed by atoms with Gasteiger partial charge in [0.15, 0.2) is 9.84 Å². The van der Waals surface area contributed by atoms with E-state index in [1.165, 1.54) is 0 Å². The Morgan fingerprint density at radius 2 is 2.07 bits per heavy atom. The molecule has 3 nitrogen and oxygen atoms in total. The Morgan fingerprint density at radius 3 is 2.67 bits per heavy atom. The van der Waals surface area contributed by atoms with E-state index in [0.29, 0.717) is 6.61 Å². The van der Waals surface area contributed by atoms with Gasteiger partial charge in [-0.15, -0.1) is 0 Å². The molecule has 0 N–H and O–H groups in total. The van der Waals surface area contributed by atoms with Crippen molar-refractivity contribution in [2.45, 2.75) is 18.8 Å². The number of aryl methyl sites for hydroxylation is 1. The van der Waals surface area contributed by atoms with E-state index in [2.05, 4.69) is 0 Å². The average Bonchev–Trinajstić information content (AvgIpc) is 2.91. The number of hydrogen-bond acceptors (Lipinski definition) is 3. The van der Waals surface area contributed by atoms with Crippen LogP contribution in [0.3, 0.4) is 0 Å². The van der Waals surface area contributed by atoms with Crippen LogP contribution in [0.4, 0.5) is 0 Å². The molecule has 1 aliphatic heterocycles. The minimum Gasteiger partial charge on any atom is -0.372 e. The van der Waals surface area contributed by atoms with Gasteiger partial charge in [-0.05, 0) is 18.1 Å². The Hall–Kier alpha value is -0.870. The standard InChI is InChI=1S/C11H14O3S/c1-9-4-2-3-5-10(9)7-15(12,13)8-11-6-14-11/h2-5,11H,6-8H2,1H3. The third kappa shape index (κ3) is 3.04. The number of sulfone groups is 1. The van der Waals surface area contributed by atoms with Gasteiger partial charge in [0.1, 0.15) is 0 Å². The van der Waals surface area contributed by atoms with Gasteiger partial charge in [0.25, 0.3) is 0 Å². The Kier molecular flexibility index (Phi) is 2.80. The molecule has 4 heteroatoms. The second-order valence-electron chi connectivity index (χ2n) is 3.94. The first-order valence-corrected chi connectivity index (χ1v) is 6.75. The van der Waals surface area contributed by atoms with Crippen LogP contribution in [-0.4, -0.2) is 26.9 Å². The molecule has 1 aromatic rings. The molecule has 1 saturated heterocycles. The van der Waals surface area contributed by atoms with Gasteiger partial charge in [0.2, 0.25) is 0 Å². The smallest absolute Gasteiger partial charge is 0.157 e. The molecule has 1 aromatic carbocycles. The first-order valence-electron chi connectivity index (χ1n) is 4.93. The van der Waals surface area contributed by atoms with Crippen molar-refractivity contribution < 1.29 is 13.2 Å². The lowest BCUT2D eigenvalue weighted by molar-refractivity contribution is 0.422. The summed E-state index contributed by atoms with van der Waals surface area (Å²) in [5.41, 5.74) is 1.91. The van der Waals surface area contributed by atoms with Crippen LogP contribution in [0, 0.1) is 6.92 Å². The Bertz CT molecular complexity index is 447. The summed E-state index contributed by atoms with van der Waals surface area (Å²) >= 11 is 0. The number of hydrogen-bond donors (Lipinski definition) is 0. The molecule has 0 saturated carbocycles. The number of rotatable bonds is 4. The summed E-state index contributed by atoms with van der Waals surface area (Å²) in [5, 5.41) is 0. The highest BCUT2D eigenvalue weighted by Crippen LogP contribution is 2.17. The van der Waals surface area contributed by atoms with Gasteiger partial charge in [0, 0.05) is 0 Å². The van der Waals surface area contributed by atoms with Crippen LogP contribution in [-0.2, 0) is 20.3 Å². The Balaban J connectivity index is 2.10. The predicted molar refractivity (Wildman–Crippen MR) is 58.4 cm³/mol. The van der Waals surface area contributed by atoms with E-state index in [0.717, 1.165) is 11.1 Å². The maximum absolute atomic E-state index is 11.7. The first-order chi connectivity index (χ1) is 7.07. The molecule has 0 spiro atoms. The summed E-state index contributed by atoms with van der Waals surface area (Å²) < 4.78 is 28.4. The zero-order valence-electron chi connectivity index (χ0n) is 8.64. The third-order valence-electron chi connectivity index (χ3n) is 2.48. The Morgan fingerprint density at radius 1 is 1.40 bits per heavy atom. The van der Waals surface area contributed by atoms with Crippen LogP contribution in [0.15, 0.2) is 24.3 Å². The second-order valence-corrected chi connectivity index (χ2v) is 6.05. The van der Waals surface area contributed by atoms with E-state index in [9.17, 15) is 8.42 Å². The molecule has 0 radical (unpaired) electrons. The fourth-order valence-corrected chi connectivity index (χ4v) is 3.19. The minimum absolute atomic E-state index is 0.0565. The SMILES string of the molecule is Cc1ccccc1CS(=O)(=O)CC1CO1. The minimum atomic E-state index is -3.02. The summed E-state index contributed by atoms with van der Waals surface area (Å²) in [6.45, 7) is 2.52. The van der Waals surface area contributed by atoms with Crippen molar-refractivity contribution in [1.29, 1.82) is 0 Å². The summed E-state index contributed by atoms with van der Waals surface area (Å²) in [7, 11) is -3.02. The maximum Gasteiger partial charge on any atom is 0.157 e. The number of ether oxygens (including phenoxy) is 1. The molecule has 0 aromatic heterocycles. The fraction of sp³-hybridized carbons (Fsp3) is 0.455. The van der Waals surface area contributed by atoms with Crippen LogP contribution in [0.25, 0.3) is 0 Å². The van der Waals surface area contributed by atoms with Gasteiger partial charge in [0.05, 0.1) is 24.2 Å². The van der Waals surface area contributed by atoms with E-state index < -0.39 is 9.84 Å². The quantitative estimate of drug-likeness (QED) is 0.727. The van der Waals surface area contributed by atoms with E-state index >= 15 is 0 Å². The van der Waals surface area contributed by atoms with Gasteiger partial charge >= 0.3 is 0 Å². The van der Waals surface area contributed by atoms with Crippen molar-refractivity contribution in [1.82, 2.24) is 0 Å². The summed E-state index contributed by atoms with van der Waals surface area (Å²) in [4.78, 5) is 0. The molecule has 82 valence electrons. The van der Waals surface area contributed by atoms with Crippen molar-refractivity contribution in [2.75, 3.05) is 12.4 Å². The van der Waals surface area contributed by atoms with Crippen molar-refractivity contribution in [3.63, 3.8) is 0 Å². The molecule has 2 rings (SSSR count). The molecule has 15 heavy (non-hydrogen) atoms. The lowest BCUT2D eigenvalue weighted by Crippen LogP contribution is -2.14. The van der Waals surface area contributed by atoms with Crippen molar-refractivity contribution in [3.05, 3.63) is 35.4 Å². The summed E-state index contributed by atoms with van der Waals surface area (Å²) in [6.07, 6.45) is -0.0565. The van der Waals surface area contributed by atoms with Gasteiger partial charge in [-0.1, -0.05) is 24.3 Å². The summed E-state index contributed by atoms with van der Waals surface area (Å²) in [6, 6.07) is 7.57. The van der Waals surface area contributed by atoms with Crippen LogP contribution in [0.2, 0.25) is 0 Å². The second kappa shape index (κ2) is 3.94. The lowest BCUT2D eigenvalue weighted by Gasteiger charge is -2.05. The van der Waals surface area contributed by atoms with E-state index in [4.69, 9.17) is 4.74 Å². The van der Waals surface area contributed by atoms with Gasteiger partial charge in [-0.3, -0.25) is 0 Å². The average molecular weight is 226 g/mol. The van der Waals surface area contributed by atoms with Gasteiger partial charge in [-0.25, -0.2) is 8.42 Å². The topological polar surface area (TPSA) is 46.7 Å². The van der Waals surface area contributed by atoms with E-state index in [-0.39, 0.29) is 17.6 Å². The molecule has 1 unspecified atom stereocenters. The van der Waals surface area contributed by atoms with Crippen LogP contribution >= 0.6 is 0 Å². The summed E-state index contributed by atoms with van der Waals surface area (Å²) in [5.74, 6) is 0.279. The maximum atomic E-state index is 11.7. The number of epoxide rings is 1. The first kappa shape index (κ1) is 10.6. The number of benzene rings is 1. The molecule has 0 aliphatic carbocycles. The van der Waals surface area contributed by atoms with E-state index in [1.54, 1.807) is 0 Å². The largest absolute Gasteiger partial charge is 0.372 e. The van der Waals surface area contributed by atoms with Crippen LogP contribution < -0.4 is 0 Å². The zero-order valence-corrected chi connectivity index (χ0v) is 9.46. The third-order valence-corrected chi connectivity index (χ3v) is 4.11. The monoisotopic (exact) mass is 226 g/mol. The van der Waals surface area contributed by atoms with Crippen molar-refractivity contribution in [3.8, 4) is 0 Å². The van der Waals surface area contributed by atoms with Crippen molar-refractivity contribution in [2.24, 2.45) is 0 Å². The molecular weight excluding hydrogens is 212 g/mol. The highest BCUT2D eigenvalue weighted by Gasteiger charge is 2.29. The fourth-order valence-electron chi connectivity index (χ4n) is 1.52. The molecular formula is C11H14O3S. The van der Waals surface area contributed by atoms with Gasteiger partial charge < -0.3 is 4.74 Å². The normalized spacial score (nSPS) is 20.2. The lowest BCUT2D eigenvalue weighted by atomic mass is 10.1.